The van der Waals surface area contributed by atoms with Crippen molar-refractivity contribution in [2.24, 2.45) is 5.92 Å². The summed E-state index contributed by atoms with van der Waals surface area (Å²) in [6.07, 6.45) is 6.40. The molecule has 2 atom stereocenters. The first-order chi connectivity index (χ1) is 9.60. The molecule has 0 spiro atoms. The molecule has 1 aromatic rings. The molecule has 1 aliphatic rings. The van der Waals surface area contributed by atoms with E-state index in [9.17, 15) is 4.79 Å². The standard InChI is InChI=1S/C16H23ClN2O/c1-3-12-6-4-5-7-15(12)19-13-8-9-16(14(17)10-13)18-11(2)20/h8-10,12,15,19H,3-7H2,1-2H3,(H,18,20). The maximum Gasteiger partial charge on any atom is 0.221 e. The van der Waals surface area contributed by atoms with Crippen LogP contribution in [0.3, 0.4) is 0 Å². The van der Waals surface area contributed by atoms with Gasteiger partial charge in [0.05, 0.1) is 10.7 Å². The number of halogens is 1. The Morgan fingerprint density at radius 3 is 2.75 bits per heavy atom. The Balaban J connectivity index is 2.05. The van der Waals surface area contributed by atoms with E-state index >= 15 is 0 Å². The van der Waals surface area contributed by atoms with E-state index in [2.05, 4.69) is 17.6 Å². The molecular formula is C16H23ClN2O. The molecule has 1 amide bonds. The molecule has 1 aromatic carbocycles. The second-order valence-corrected chi connectivity index (χ2v) is 5.99. The second-order valence-electron chi connectivity index (χ2n) is 5.58. The first-order valence-corrected chi connectivity index (χ1v) is 7.81. The molecule has 0 radical (unpaired) electrons. The van der Waals surface area contributed by atoms with Gasteiger partial charge in [0.25, 0.3) is 0 Å². The summed E-state index contributed by atoms with van der Waals surface area (Å²) >= 11 is 6.21. The van der Waals surface area contributed by atoms with Crippen molar-refractivity contribution in [1.29, 1.82) is 0 Å². The fourth-order valence-corrected chi connectivity index (χ4v) is 3.22. The van der Waals surface area contributed by atoms with Gasteiger partial charge in [0, 0.05) is 18.7 Å². The van der Waals surface area contributed by atoms with Crippen LogP contribution in [0, 0.1) is 5.92 Å². The van der Waals surface area contributed by atoms with Crippen molar-refractivity contribution in [3.8, 4) is 0 Å². The molecule has 2 N–H and O–H groups in total. The average molecular weight is 295 g/mol. The van der Waals surface area contributed by atoms with Gasteiger partial charge in [-0.2, -0.15) is 0 Å². The lowest BCUT2D eigenvalue weighted by Gasteiger charge is -2.32. The van der Waals surface area contributed by atoms with Crippen LogP contribution in [0.2, 0.25) is 5.02 Å². The van der Waals surface area contributed by atoms with Gasteiger partial charge >= 0.3 is 0 Å². The molecule has 0 saturated heterocycles. The Labute approximate surface area is 126 Å². The summed E-state index contributed by atoms with van der Waals surface area (Å²) < 4.78 is 0. The molecule has 2 rings (SSSR count). The number of hydrogen-bond donors (Lipinski definition) is 2. The van der Waals surface area contributed by atoms with Crippen molar-refractivity contribution in [1.82, 2.24) is 0 Å². The second kappa shape index (κ2) is 6.98. The SMILES string of the molecule is CCC1CCCCC1Nc1ccc(NC(C)=O)c(Cl)c1. The summed E-state index contributed by atoms with van der Waals surface area (Å²) in [5, 5.41) is 6.91. The van der Waals surface area contributed by atoms with Crippen molar-refractivity contribution in [3.05, 3.63) is 23.2 Å². The number of carbonyl (C=O) groups excluding carboxylic acids is 1. The summed E-state index contributed by atoms with van der Waals surface area (Å²) in [5.41, 5.74) is 1.70. The van der Waals surface area contributed by atoms with Crippen molar-refractivity contribution in [2.45, 2.75) is 52.0 Å². The van der Waals surface area contributed by atoms with Crippen LogP contribution in [0.4, 0.5) is 11.4 Å². The van der Waals surface area contributed by atoms with Gasteiger partial charge in [-0.25, -0.2) is 0 Å². The predicted molar refractivity (Wildman–Crippen MR) is 85.4 cm³/mol. The first kappa shape index (κ1) is 15.2. The van der Waals surface area contributed by atoms with E-state index in [0.29, 0.717) is 16.8 Å². The lowest BCUT2D eigenvalue weighted by molar-refractivity contribution is -0.114. The average Bonchev–Trinajstić information content (AvgIpc) is 2.42. The van der Waals surface area contributed by atoms with Gasteiger partial charge in [-0.3, -0.25) is 4.79 Å². The molecule has 1 saturated carbocycles. The quantitative estimate of drug-likeness (QED) is 0.846. The zero-order valence-electron chi connectivity index (χ0n) is 12.2. The molecule has 0 aliphatic heterocycles. The summed E-state index contributed by atoms with van der Waals surface area (Å²) in [4.78, 5) is 11.1. The Morgan fingerprint density at radius 1 is 1.35 bits per heavy atom. The van der Waals surface area contributed by atoms with Crippen LogP contribution >= 0.6 is 11.6 Å². The summed E-state index contributed by atoms with van der Waals surface area (Å²) in [5.74, 6) is 0.642. The van der Waals surface area contributed by atoms with Gasteiger partial charge in [0.1, 0.15) is 0 Å². The van der Waals surface area contributed by atoms with E-state index in [4.69, 9.17) is 11.6 Å². The van der Waals surface area contributed by atoms with E-state index in [1.165, 1.54) is 39.0 Å². The van der Waals surface area contributed by atoms with Gasteiger partial charge < -0.3 is 10.6 Å². The van der Waals surface area contributed by atoms with Gasteiger partial charge in [0.2, 0.25) is 5.91 Å². The lowest BCUT2D eigenvalue weighted by Crippen LogP contribution is -2.31. The Hall–Kier alpha value is -1.22. The van der Waals surface area contributed by atoms with Crippen LogP contribution < -0.4 is 10.6 Å². The fraction of sp³-hybridized carbons (Fsp3) is 0.562. The number of benzene rings is 1. The van der Waals surface area contributed by atoms with Crippen molar-refractivity contribution < 1.29 is 4.79 Å². The van der Waals surface area contributed by atoms with E-state index < -0.39 is 0 Å². The lowest BCUT2D eigenvalue weighted by atomic mass is 9.83. The summed E-state index contributed by atoms with van der Waals surface area (Å²) in [6, 6.07) is 6.28. The Morgan fingerprint density at radius 2 is 2.10 bits per heavy atom. The molecule has 2 unspecified atom stereocenters. The topological polar surface area (TPSA) is 41.1 Å². The molecular weight excluding hydrogens is 272 g/mol. The monoisotopic (exact) mass is 294 g/mol. The molecule has 3 nitrogen and oxygen atoms in total. The minimum absolute atomic E-state index is 0.106. The number of rotatable bonds is 4. The Bertz CT molecular complexity index is 476. The van der Waals surface area contributed by atoms with Crippen molar-refractivity contribution >= 4 is 28.9 Å². The van der Waals surface area contributed by atoms with E-state index in [0.717, 1.165) is 11.6 Å². The van der Waals surface area contributed by atoms with Crippen molar-refractivity contribution in [3.63, 3.8) is 0 Å². The maximum absolute atomic E-state index is 11.1. The number of carbonyl (C=O) groups is 1. The first-order valence-electron chi connectivity index (χ1n) is 7.44. The molecule has 110 valence electrons. The highest BCUT2D eigenvalue weighted by Gasteiger charge is 2.23. The third-order valence-corrected chi connectivity index (χ3v) is 4.38. The predicted octanol–water partition coefficient (Wildman–Crippen LogP) is 4.68. The third-order valence-electron chi connectivity index (χ3n) is 4.07. The van der Waals surface area contributed by atoms with Crippen LogP contribution in [0.15, 0.2) is 18.2 Å². The largest absolute Gasteiger partial charge is 0.382 e. The van der Waals surface area contributed by atoms with Gasteiger partial charge in [-0.15, -0.1) is 0 Å². The smallest absolute Gasteiger partial charge is 0.221 e. The van der Waals surface area contributed by atoms with Crippen LogP contribution in [-0.4, -0.2) is 11.9 Å². The minimum Gasteiger partial charge on any atom is -0.382 e. The highest BCUT2D eigenvalue weighted by Crippen LogP contribution is 2.31. The summed E-state index contributed by atoms with van der Waals surface area (Å²) in [7, 11) is 0. The number of amides is 1. The fourth-order valence-electron chi connectivity index (χ4n) is 3.00. The van der Waals surface area contributed by atoms with E-state index in [1.54, 1.807) is 0 Å². The molecule has 1 fully saturated rings. The highest BCUT2D eigenvalue weighted by molar-refractivity contribution is 6.34. The van der Waals surface area contributed by atoms with Crippen molar-refractivity contribution in [2.75, 3.05) is 10.6 Å². The van der Waals surface area contributed by atoms with Crippen LogP contribution in [0.25, 0.3) is 0 Å². The van der Waals surface area contributed by atoms with E-state index in [-0.39, 0.29) is 5.91 Å². The third kappa shape index (κ3) is 3.89. The van der Waals surface area contributed by atoms with E-state index in [1.807, 2.05) is 18.2 Å². The molecule has 4 heteroatoms. The van der Waals surface area contributed by atoms with Crippen LogP contribution in [0.1, 0.15) is 46.0 Å². The minimum atomic E-state index is -0.106. The zero-order chi connectivity index (χ0) is 14.5. The highest BCUT2D eigenvalue weighted by atomic mass is 35.5. The number of anilines is 2. The molecule has 0 heterocycles. The van der Waals surface area contributed by atoms with Gasteiger partial charge in [-0.1, -0.05) is 37.8 Å². The van der Waals surface area contributed by atoms with Crippen LogP contribution in [-0.2, 0) is 4.79 Å². The number of hydrogen-bond acceptors (Lipinski definition) is 2. The molecule has 0 bridgehead atoms. The number of nitrogens with one attached hydrogen (secondary N) is 2. The normalized spacial score (nSPS) is 22.4. The molecule has 0 aromatic heterocycles. The van der Waals surface area contributed by atoms with Gasteiger partial charge in [-0.05, 0) is 37.0 Å². The Kier molecular flexibility index (Phi) is 5.30. The van der Waals surface area contributed by atoms with Gasteiger partial charge in [0.15, 0.2) is 0 Å². The molecule has 1 aliphatic carbocycles. The van der Waals surface area contributed by atoms with Crippen LogP contribution in [0.5, 0.6) is 0 Å². The maximum atomic E-state index is 11.1. The molecule has 20 heavy (non-hydrogen) atoms. The summed E-state index contributed by atoms with van der Waals surface area (Å²) in [6.45, 7) is 3.74. The zero-order valence-corrected chi connectivity index (χ0v) is 13.0.